The predicted octanol–water partition coefficient (Wildman–Crippen LogP) is 2.16. The van der Waals surface area contributed by atoms with Gasteiger partial charge in [0.2, 0.25) is 5.95 Å². The second-order valence-corrected chi connectivity index (χ2v) is 5.13. The summed E-state index contributed by atoms with van der Waals surface area (Å²) in [7, 11) is 2.08. The van der Waals surface area contributed by atoms with Crippen LogP contribution in [0.5, 0.6) is 0 Å². The summed E-state index contributed by atoms with van der Waals surface area (Å²) in [6.45, 7) is 5.81. The van der Waals surface area contributed by atoms with E-state index in [2.05, 4.69) is 34.2 Å². The van der Waals surface area contributed by atoms with E-state index in [0.717, 1.165) is 38.5 Å². The molecule has 1 fully saturated rings. The Morgan fingerprint density at radius 3 is 3.16 bits per heavy atom. The highest BCUT2D eigenvalue weighted by atomic mass is 16.5. The summed E-state index contributed by atoms with van der Waals surface area (Å²) in [6, 6.07) is 1.96. The molecule has 5 nitrogen and oxygen atoms in total. The van der Waals surface area contributed by atoms with Crippen LogP contribution in [0.3, 0.4) is 0 Å². The number of ether oxygens (including phenoxy) is 1. The van der Waals surface area contributed by atoms with Gasteiger partial charge >= 0.3 is 0 Å². The monoisotopic (exact) mass is 264 g/mol. The smallest absolute Gasteiger partial charge is 0.224 e. The summed E-state index contributed by atoms with van der Waals surface area (Å²) in [5, 5.41) is 3.22. The molecule has 2 rings (SSSR count). The summed E-state index contributed by atoms with van der Waals surface area (Å²) < 4.78 is 5.52. The van der Waals surface area contributed by atoms with Crippen LogP contribution < -0.4 is 10.2 Å². The number of rotatable bonds is 6. The zero-order valence-corrected chi connectivity index (χ0v) is 11.9. The molecule has 106 valence electrons. The largest absolute Gasteiger partial charge is 0.381 e. The highest BCUT2D eigenvalue weighted by molar-refractivity contribution is 5.41. The van der Waals surface area contributed by atoms with Crippen molar-refractivity contribution in [2.75, 3.05) is 43.6 Å². The summed E-state index contributed by atoms with van der Waals surface area (Å²) >= 11 is 0. The van der Waals surface area contributed by atoms with Crippen LogP contribution >= 0.6 is 0 Å². The first-order chi connectivity index (χ1) is 9.29. The van der Waals surface area contributed by atoms with Crippen LogP contribution in [0.25, 0.3) is 0 Å². The molecule has 0 aromatic carbocycles. The van der Waals surface area contributed by atoms with Crippen LogP contribution in [0.1, 0.15) is 26.2 Å². The van der Waals surface area contributed by atoms with E-state index in [1.54, 1.807) is 0 Å². The van der Waals surface area contributed by atoms with Gasteiger partial charge in [-0.25, -0.2) is 4.98 Å². The summed E-state index contributed by atoms with van der Waals surface area (Å²) in [4.78, 5) is 11.0. The normalized spacial score (nSPS) is 19.2. The Morgan fingerprint density at radius 2 is 2.42 bits per heavy atom. The number of anilines is 2. The molecule has 0 amide bonds. The summed E-state index contributed by atoms with van der Waals surface area (Å²) in [5.74, 6) is 2.30. The second kappa shape index (κ2) is 7.28. The van der Waals surface area contributed by atoms with Crippen molar-refractivity contribution in [3.8, 4) is 0 Å². The molecule has 0 aliphatic carbocycles. The molecule has 0 saturated carbocycles. The maximum absolute atomic E-state index is 5.52. The standard InChI is InChI=1S/C14H24N4O/c1-3-7-15-14-16-8-6-13(17-14)18(2)10-12-5-4-9-19-11-12/h6,8,12H,3-5,7,9-11H2,1-2H3,(H,15,16,17). The molecule has 1 aliphatic heterocycles. The zero-order chi connectivity index (χ0) is 13.5. The molecule has 1 aromatic heterocycles. The quantitative estimate of drug-likeness (QED) is 0.853. The molecule has 0 radical (unpaired) electrons. The van der Waals surface area contributed by atoms with E-state index >= 15 is 0 Å². The summed E-state index contributed by atoms with van der Waals surface area (Å²) in [5.41, 5.74) is 0. The van der Waals surface area contributed by atoms with Gasteiger partial charge < -0.3 is 15.0 Å². The predicted molar refractivity (Wildman–Crippen MR) is 77.6 cm³/mol. The number of nitrogens with zero attached hydrogens (tertiary/aromatic N) is 3. The molecule has 1 N–H and O–H groups in total. The molecule has 1 unspecified atom stereocenters. The number of nitrogens with one attached hydrogen (secondary N) is 1. The van der Waals surface area contributed by atoms with Gasteiger partial charge in [-0.1, -0.05) is 6.92 Å². The molecule has 1 saturated heterocycles. The van der Waals surface area contributed by atoms with Crippen LogP contribution in [0.15, 0.2) is 12.3 Å². The fourth-order valence-electron chi connectivity index (χ4n) is 2.32. The van der Waals surface area contributed by atoms with Crippen LogP contribution in [0.4, 0.5) is 11.8 Å². The molecule has 5 heteroatoms. The molecule has 19 heavy (non-hydrogen) atoms. The van der Waals surface area contributed by atoms with Crippen LogP contribution in [0.2, 0.25) is 0 Å². The first-order valence-electron chi connectivity index (χ1n) is 7.15. The highest BCUT2D eigenvalue weighted by Crippen LogP contribution is 2.18. The number of hydrogen-bond donors (Lipinski definition) is 1. The third kappa shape index (κ3) is 4.35. The van der Waals surface area contributed by atoms with Gasteiger partial charge in [0.15, 0.2) is 0 Å². The minimum absolute atomic E-state index is 0.612. The van der Waals surface area contributed by atoms with E-state index in [4.69, 9.17) is 4.74 Å². The van der Waals surface area contributed by atoms with Crippen LogP contribution in [-0.4, -0.2) is 43.3 Å². The summed E-state index contributed by atoms with van der Waals surface area (Å²) in [6.07, 6.45) is 5.30. The van der Waals surface area contributed by atoms with E-state index in [1.807, 2.05) is 12.3 Å². The van der Waals surface area contributed by atoms with Gasteiger partial charge in [-0.15, -0.1) is 0 Å². The van der Waals surface area contributed by atoms with Crippen molar-refractivity contribution in [3.63, 3.8) is 0 Å². The second-order valence-electron chi connectivity index (χ2n) is 5.13. The molecule has 0 spiro atoms. The maximum atomic E-state index is 5.52. The van der Waals surface area contributed by atoms with Gasteiger partial charge in [-0.3, -0.25) is 0 Å². The molecular weight excluding hydrogens is 240 g/mol. The van der Waals surface area contributed by atoms with Crippen molar-refractivity contribution in [3.05, 3.63) is 12.3 Å². The van der Waals surface area contributed by atoms with Gasteiger partial charge in [0.05, 0.1) is 6.61 Å². The number of aromatic nitrogens is 2. The zero-order valence-electron chi connectivity index (χ0n) is 11.9. The van der Waals surface area contributed by atoms with Crippen molar-refractivity contribution in [1.82, 2.24) is 9.97 Å². The van der Waals surface area contributed by atoms with Crippen LogP contribution in [0, 0.1) is 5.92 Å². The van der Waals surface area contributed by atoms with Crippen LogP contribution in [-0.2, 0) is 4.74 Å². The third-order valence-corrected chi connectivity index (χ3v) is 3.35. The van der Waals surface area contributed by atoms with E-state index in [9.17, 15) is 0 Å². The molecule has 1 atom stereocenters. The van der Waals surface area contributed by atoms with Gasteiger partial charge in [0.25, 0.3) is 0 Å². The Hall–Kier alpha value is -1.36. The minimum atomic E-state index is 0.612. The molecule has 0 bridgehead atoms. The first kappa shape index (κ1) is 14.1. The van der Waals surface area contributed by atoms with Gasteiger partial charge in [0, 0.05) is 32.9 Å². The topological polar surface area (TPSA) is 50.3 Å². The fraction of sp³-hybridized carbons (Fsp3) is 0.714. The lowest BCUT2D eigenvalue weighted by molar-refractivity contribution is 0.0576. The first-order valence-corrected chi connectivity index (χ1v) is 7.15. The Balaban J connectivity index is 1.91. The average Bonchev–Trinajstić information content (AvgIpc) is 2.46. The minimum Gasteiger partial charge on any atom is -0.381 e. The molecule has 1 aromatic rings. The molecule has 2 heterocycles. The van der Waals surface area contributed by atoms with E-state index in [-0.39, 0.29) is 0 Å². The Morgan fingerprint density at radius 1 is 1.53 bits per heavy atom. The Labute approximate surface area is 115 Å². The van der Waals surface area contributed by atoms with Crippen molar-refractivity contribution in [2.45, 2.75) is 26.2 Å². The van der Waals surface area contributed by atoms with E-state index < -0.39 is 0 Å². The lowest BCUT2D eigenvalue weighted by atomic mass is 10.0. The van der Waals surface area contributed by atoms with Gasteiger partial charge in [-0.05, 0) is 31.2 Å². The van der Waals surface area contributed by atoms with E-state index in [0.29, 0.717) is 11.9 Å². The van der Waals surface area contributed by atoms with Crippen molar-refractivity contribution < 1.29 is 4.74 Å². The third-order valence-electron chi connectivity index (χ3n) is 3.35. The number of hydrogen-bond acceptors (Lipinski definition) is 5. The molecular formula is C14H24N4O. The lowest BCUT2D eigenvalue weighted by Crippen LogP contribution is -2.31. The van der Waals surface area contributed by atoms with Gasteiger partial charge in [0.1, 0.15) is 5.82 Å². The SMILES string of the molecule is CCCNc1nccc(N(C)CC2CCCOC2)n1. The van der Waals surface area contributed by atoms with E-state index in [1.165, 1.54) is 12.8 Å². The fourth-order valence-corrected chi connectivity index (χ4v) is 2.32. The molecule has 1 aliphatic rings. The van der Waals surface area contributed by atoms with Crippen molar-refractivity contribution >= 4 is 11.8 Å². The van der Waals surface area contributed by atoms with Crippen molar-refractivity contribution in [2.24, 2.45) is 5.92 Å². The Bertz CT molecular complexity index is 379. The average molecular weight is 264 g/mol. The highest BCUT2D eigenvalue weighted by Gasteiger charge is 2.16. The van der Waals surface area contributed by atoms with Crippen molar-refractivity contribution in [1.29, 1.82) is 0 Å². The van der Waals surface area contributed by atoms with Gasteiger partial charge in [-0.2, -0.15) is 4.98 Å². The Kier molecular flexibility index (Phi) is 5.39. The maximum Gasteiger partial charge on any atom is 0.224 e. The lowest BCUT2D eigenvalue weighted by Gasteiger charge is -2.27.